The van der Waals surface area contributed by atoms with Crippen LogP contribution in [0.1, 0.15) is 24.0 Å². The molecule has 0 atom stereocenters. The monoisotopic (exact) mass is 468 g/mol. The van der Waals surface area contributed by atoms with Gasteiger partial charge in [0.1, 0.15) is 11.5 Å². The summed E-state index contributed by atoms with van der Waals surface area (Å²) >= 11 is 0. The molecule has 0 aromatic heterocycles. The maximum Gasteiger partial charge on any atom is 0.261 e. The Morgan fingerprint density at radius 2 is 1.58 bits per heavy atom. The number of anilines is 2. The van der Waals surface area contributed by atoms with Crippen LogP contribution in [0.5, 0.6) is 11.5 Å². The fourth-order valence-corrected chi connectivity index (χ4v) is 4.21. The van der Waals surface area contributed by atoms with Gasteiger partial charge in [-0.1, -0.05) is 12.1 Å². The molecule has 1 amide bonds. The molecule has 33 heavy (non-hydrogen) atoms. The van der Waals surface area contributed by atoms with Gasteiger partial charge in [-0.25, -0.2) is 8.42 Å². The highest BCUT2D eigenvalue weighted by Gasteiger charge is 2.15. The van der Waals surface area contributed by atoms with E-state index in [1.54, 1.807) is 25.3 Å². The predicted molar refractivity (Wildman–Crippen MR) is 130 cm³/mol. The molecule has 0 heterocycles. The molecule has 0 unspecified atom stereocenters. The van der Waals surface area contributed by atoms with Crippen LogP contribution in [-0.4, -0.2) is 28.0 Å². The molecule has 0 aliphatic heterocycles. The highest BCUT2D eigenvalue weighted by Crippen LogP contribution is 2.22. The second-order valence-electron chi connectivity index (χ2n) is 7.62. The van der Waals surface area contributed by atoms with E-state index in [2.05, 4.69) is 10.0 Å². The number of sulfonamides is 1. The van der Waals surface area contributed by atoms with Crippen molar-refractivity contribution in [2.24, 2.45) is 0 Å². The Labute approximate surface area is 194 Å². The third kappa shape index (κ3) is 6.98. The molecule has 0 spiro atoms. The molecule has 0 saturated heterocycles. The van der Waals surface area contributed by atoms with Gasteiger partial charge >= 0.3 is 0 Å². The van der Waals surface area contributed by atoms with Crippen LogP contribution in [0, 0.1) is 13.8 Å². The Balaban J connectivity index is 1.48. The fraction of sp³-hybridized carbons (Fsp3) is 0.240. The summed E-state index contributed by atoms with van der Waals surface area (Å²) in [6, 6.07) is 18.9. The first kappa shape index (κ1) is 24.1. The maximum absolute atomic E-state index is 12.7. The Morgan fingerprint density at radius 1 is 0.909 bits per heavy atom. The van der Waals surface area contributed by atoms with Gasteiger partial charge in [0.15, 0.2) is 0 Å². The van der Waals surface area contributed by atoms with Gasteiger partial charge in [0.05, 0.1) is 24.3 Å². The molecule has 3 aromatic carbocycles. The third-order valence-corrected chi connectivity index (χ3v) is 6.34. The average molecular weight is 469 g/mol. The molecule has 0 fully saturated rings. The summed E-state index contributed by atoms with van der Waals surface area (Å²) in [7, 11) is -2.13. The van der Waals surface area contributed by atoms with E-state index in [0.717, 1.165) is 16.9 Å². The van der Waals surface area contributed by atoms with Gasteiger partial charge in [-0.05, 0) is 86.0 Å². The van der Waals surface area contributed by atoms with Crippen LogP contribution in [0.15, 0.2) is 71.6 Å². The molecular weight excluding hydrogens is 440 g/mol. The summed E-state index contributed by atoms with van der Waals surface area (Å²) in [6.07, 6.45) is 0.828. The predicted octanol–water partition coefficient (Wildman–Crippen LogP) is 4.91. The molecule has 0 aliphatic carbocycles. The first-order valence-corrected chi connectivity index (χ1v) is 12.0. The van der Waals surface area contributed by atoms with Gasteiger partial charge in [-0.15, -0.1) is 0 Å². The van der Waals surface area contributed by atoms with Crippen LogP contribution in [0.4, 0.5) is 11.4 Å². The lowest BCUT2D eigenvalue weighted by Gasteiger charge is -2.12. The largest absolute Gasteiger partial charge is 0.497 e. The van der Waals surface area contributed by atoms with Crippen LogP contribution < -0.4 is 19.5 Å². The lowest BCUT2D eigenvalue weighted by atomic mass is 10.1. The van der Waals surface area contributed by atoms with Crippen molar-refractivity contribution in [3.63, 3.8) is 0 Å². The van der Waals surface area contributed by atoms with E-state index in [9.17, 15) is 13.2 Å². The first-order valence-electron chi connectivity index (χ1n) is 10.5. The molecule has 2 N–H and O–H groups in total. The summed E-state index contributed by atoms with van der Waals surface area (Å²) in [6.45, 7) is 4.15. The molecule has 3 aromatic rings. The molecule has 0 aliphatic rings. The summed E-state index contributed by atoms with van der Waals surface area (Å²) in [5.74, 6) is 1.29. The van der Waals surface area contributed by atoms with Crippen molar-refractivity contribution in [2.75, 3.05) is 23.8 Å². The summed E-state index contributed by atoms with van der Waals surface area (Å²) < 4.78 is 38.7. The molecule has 0 bridgehead atoms. The molecule has 0 radical (unpaired) electrons. The van der Waals surface area contributed by atoms with E-state index in [1.165, 1.54) is 12.1 Å². The van der Waals surface area contributed by atoms with Crippen LogP contribution in [0.2, 0.25) is 0 Å². The second-order valence-corrected chi connectivity index (χ2v) is 9.31. The van der Waals surface area contributed by atoms with E-state index in [1.807, 2.05) is 50.2 Å². The Kier molecular flexibility index (Phi) is 7.95. The highest BCUT2D eigenvalue weighted by molar-refractivity contribution is 7.92. The van der Waals surface area contributed by atoms with Crippen molar-refractivity contribution < 1.29 is 22.7 Å². The number of amides is 1. The summed E-state index contributed by atoms with van der Waals surface area (Å²) in [4.78, 5) is 12.3. The van der Waals surface area contributed by atoms with E-state index in [4.69, 9.17) is 9.47 Å². The number of benzene rings is 3. The van der Waals surface area contributed by atoms with E-state index < -0.39 is 10.0 Å². The topological polar surface area (TPSA) is 93.7 Å². The fourth-order valence-electron chi connectivity index (χ4n) is 3.09. The summed E-state index contributed by atoms with van der Waals surface area (Å²) in [5, 5.41) is 2.77. The lowest BCUT2D eigenvalue weighted by molar-refractivity contribution is -0.116. The zero-order chi connectivity index (χ0) is 23.8. The highest BCUT2D eigenvalue weighted by atomic mass is 32.2. The first-order chi connectivity index (χ1) is 15.8. The number of aryl methyl sites for hydroxylation is 2. The second kappa shape index (κ2) is 10.9. The van der Waals surface area contributed by atoms with Crippen LogP contribution in [-0.2, 0) is 14.8 Å². The standard InChI is InChI=1S/C25H28N2O5S/c1-18-6-7-19(2)24(17-18)27-33(29,30)23-14-8-20(9-15-23)26-25(28)5-4-16-32-22-12-10-21(31-3)11-13-22/h6-15,17,27H,4-5,16H2,1-3H3,(H,26,28). The van der Waals surface area contributed by atoms with Gasteiger partial charge in [0.2, 0.25) is 5.91 Å². The third-order valence-electron chi connectivity index (χ3n) is 4.96. The Hall–Kier alpha value is -3.52. The normalized spacial score (nSPS) is 11.0. The van der Waals surface area contributed by atoms with E-state index in [-0.39, 0.29) is 17.2 Å². The quantitative estimate of drug-likeness (QED) is 0.412. The zero-order valence-corrected chi connectivity index (χ0v) is 19.7. The number of methoxy groups -OCH3 is 1. The SMILES string of the molecule is COc1ccc(OCCCC(=O)Nc2ccc(S(=O)(=O)Nc3cc(C)ccc3C)cc2)cc1. The Bertz CT molecular complexity index is 1190. The lowest BCUT2D eigenvalue weighted by Crippen LogP contribution is -2.15. The van der Waals surface area contributed by atoms with Crippen molar-refractivity contribution >= 4 is 27.3 Å². The molecule has 3 rings (SSSR count). The van der Waals surface area contributed by atoms with Gasteiger partial charge in [0, 0.05) is 12.1 Å². The van der Waals surface area contributed by atoms with Crippen molar-refractivity contribution in [3.8, 4) is 11.5 Å². The molecule has 0 saturated carbocycles. The molecule has 7 nitrogen and oxygen atoms in total. The van der Waals surface area contributed by atoms with E-state index in [0.29, 0.717) is 30.2 Å². The molecule has 8 heteroatoms. The van der Waals surface area contributed by atoms with Crippen LogP contribution in [0.3, 0.4) is 0 Å². The number of hydrogen-bond donors (Lipinski definition) is 2. The van der Waals surface area contributed by atoms with Crippen LogP contribution in [0.25, 0.3) is 0 Å². The number of carbonyl (C=O) groups excluding carboxylic acids is 1. The maximum atomic E-state index is 12.7. The summed E-state index contributed by atoms with van der Waals surface area (Å²) in [5.41, 5.74) is 2.88. The van der Waals surface area contributed by atoms with Crippen molar-refractivity contribution in [3.05, 3.63) is 77.9 Å². The zero-order valence-electron chi connectivity index (χ0n) is 18.9. The minimum absolute atomic E-state index is 0.120. The Morgan fingerprint density at radius 3 is 2.24 bits per heavy atom. The molecule has 174 valence electrons. The van der Waals surface area contributed by atoms with Gasteiger partial charge in [-0.3, -0.25) is 9.52 Å². The van der Waals surface area contributed by atoms with Crippen LogP contribution >= 0.6 is 0 Å². The number of ether oxygens (including phenoxy) is 2. The number of nitrogens with one attached hydrogen (secondary N) is 2. The van der Waals surface area contributed by atoms with Gasteiger partial charge in [-0.2, -0.15) is 0 Å². The molecular formula is C25H28N2O5S. The number of carbonyl (C=O) groups is 1. The average Bonchev–Trinajstić information content (AvgIpc) is 2.80. The smallest absolute Gasteiger partial charge is 0.261 e. The van der Waals surface area contributed by atoms with Crippen molar-refractivity contribution in [1.29, 1.82) is 0 Å². The number of rotatable bonds is 10. The van der Waals surface area contributed by atoms with Crippen molar-refractivity contribution in [2.45, 2.75) is 31.6 Å². The van der Waals surface area contributed by atoms with Gasteiger partial charge < -0.3 is 14.8 Å². The minimum Gasteiger partial charge on any atom is -0.497 e. The minimum atomic E-state index is -3.73. The van der Waals surface area contributed by atoms with Gasteiger partial charge in [0.25, 0.3) is 10.0 Å². The van der Waals surface area contributed by atoms with E-state index >= 15 is 0 Å². The number of hydrogen-bond acceptors (Lipinski definition) is 5. The van der Waals surface area contributed by atoms with Crippen molar-refractivity contribution in [1.82, 2.24) is 0 Å².